The van der Waals surface area contributed by atoms with Crippen molar-refractivity contribution in [2.75, 3.05) is 6.61 Å². The molecule has 0 radical (unpaired) electrons. The molecular weight excluding hydrogens is 458 g/mol. The van der Waals surface area contributed by atoms with Crippen molar-refractivity contribution in [3.8, 4) is 5.75 Å². The Morgan fingerprint density at radius 3 is 2.48 bits per heavy atom. The zero-order chi connectivity index (χ0) is 22.8. The second kappa shape index (κ2) is 12.2. The van der Waals surface area contributed by atoms with E-state index in [4.69, 9.17) is 4.74 Å². The summed E-state index contributed by atoms with van der Waals surface area (Å²) in [6.07, 6.45) is 3.63. The van der Waals surface area contributed by atoms with Gasteiger partial charge < -0.3 is 10.1 Å². The molecule has 7 heteroatoms. The standard InChI is InChI=1S/C24H30BrN3O3/c1-5-6-13-31-21-12-9-18(14-20(21)25)15-26-28-24(30)22(16(2)3)27-23(29)19-10-7-17(4)8-11-19/h7-12,14-16,22H,5-6,13H2,1-4H3,(H,27,29)(H,28,30)/b26-15-. The highest BCUT2D eigenvalue weighted by atomic mass is 79.9. The molecule has 1 atom stereocenters. The van der Waals surface area contributed by atoms with E-state index in [1.165, 1.54) is 0 Å². The third kappa shape index (κ3) is 7.83. The van der Waals surface area contributed by atoms with Crippen LogP contribution < -0.4 is 15.5 Å². The van der Waals surface area contributed by atoms with Crippen LogP contribution in [-0.2, 0) is 4.79 Å². The molecule has 1 unspecified atom stereocenters. The lowest BCUT2D eigenvalue weighted by molar-refractivity contribution is -0.123. The molecule has 6 nitrogen and oxygen atoms in total. The van der Waals surface area contributed by atoms with Crippen molar-refractivity contribution in [1.82, 2.24) is 10.7 Å². The van der Waals surface area contributed by atoms with Gasteiger partial charge in [0.15, 0.2) is 0 Å². The van der Waals surface area contributed by atoms with E-state index in [1.54, 1.807) is 18.3 Å². The lowest BCUT2D eigenvalue weighted by Crippen LogP contribution is -2.48. The topological polar surface area (TPSA) is 79.8 Å². The highest BCUT2D eigenvalue weighted by Gasteiger charge is 2.24. The fourth-order valence-electron chi connectivity index (χ4n) is 2.75. The minimum Gasteiger partial charge on any atom is -0.492 e. The Hall–Kier alpha value is -2.67. The Morgan fingerprint density at radius 2 is 1.87 bits per heavy atom. The SMILES string of the molecule is CCCCOc1ccc(/C=N\NC(=O)C(NC(=O)c2ccc(C)cc2)C(C)C)cc1Br. The number of carbonyl (C=O) groups excluding carboxylic acids is 2. The Kier molecular flexibility index (Phi) is 9.72. The van der Waals surface area contributed by atoms with E-state index in [2.05, 4.69) is 38.7 Å². The van der Waals surface area contributed by atoms with Gasteiger partial charge >= 0.3 is 0 Å². The summed E-state index contributed by atoms with van der Waals surface area (Å²) in [5, 5.41) is 6.84. The number of ether oxygens (including phenoxy) is 1. The van der Waals surface area contributed by atoms with Crippen molar-refractivity contribution in [3.63, 3.8) is 0 Å². The van der Waals surface area contributed by atoms with Gasteiger partial charge in [-0.05, 0) is 71.1 Å². The molecular formula is C24H30BrN3O3. The highest BCUT2D eigenvalue weighted by Crippen LogP contribution is 2.25. The summed E-state index contributed by atoms with van der Waals surface area (Å²) in [5.41, 5.74) is 4.91. The van der Waals surface area contributed by atoms with Crippen LogP contribution in [0.3, 0.4) is 0 Å². The number of halogens is 1. The molecule has 2 rings (SSSR count). The van der Waals surface area contributed by atoms with Gasteiger partial charge in [0.05, 0.1) is 17.3 Å². The molecule has 0 aliphatic rings. The van der Waals surface area contributed by atoms with Crippen LogP contribution in [0.1, 0.15) is 55.1 Å². The summed E-state index contributed by atoms with van der Waals surface area (Å²) in [7, 11) is 0. The number of benzene rings is 2. The Labute approximate surface area is 192 Å². The molecule has 0 saturated carbocycles. The Bertz CT molecular complexity index is 911. The minimum atomic E-state index is -0.702. The predicted molar refractivity (Wildman–Crippen MR) is 128 cm³/mol. The van der Waals surface area contributed by atoms with Crippen LogP contribution in [0.5, 0.6) is 5.75 Å². The van der Waals surface area contributed by atoms with Crippen LogP contribution in [-0.4, -0.2) is 30.7 Å². The van der Waals surface area contributed by atoms with Crippen molar-refractivity contribution in [1.29, 1.82) is 0 Å². The van der Waals surface area contributed by atoms with Gasteiger partial charge in [-0.15, -0.1) is 0 Å². The van der Waals surface area contributed by atoms with E-state index in [1.807, 2.05) is 51.1 Å². The number of nitrogens with zero attached hydrogens (tertiary/aromatic N) is 1. The summed E-state index contributed by atoms with van der Waals surface area (Å²) in [6.45, 7) is 8.48. The number of hydrogen-bond acceptors (Lipinski definition) is 4. The Morgan fingerprint density at radius 1 is 1.16 bits per heavy atom. The number of hydrogen-bond donors (Lipinski definition) is 2. The van der Waals surface area contributed by atoms with Gasteiger partial charge in [-0.2, -0.15) is 5.10 Å². The van der Waals surface area contributed by atoms with Crippen LogP contribution in [0.15, 0.2) is 52.0 Å². The maximum atomic E-state index is 12.6. The maximum Gasteiger partial charge on any atom is 0.262 e. The lowest BCUT2D eigenvalue weighted by atomic mass is 10.0. The number of unbranched alkanes of at least 4 members (excludes halogenated alkanes) is 1. The molecule has 166 valence electrons. The minimum absolute atomic E-state index is 0.0988. The molecule has 0 bridgehead atoms. The highest BCUT2D eigenvalue weighted by molar-refractivity contribution is 9.10. The smallest absolute Gasteiger partial charge is 0.262 e. The number of nitrogens with one attached hydrogen (secondary N) is 2. The second-order valence-corrected chi connectivity index (χ2v) is 8.54. The molecule has 2 amide bonds. The summed E-state index contributed by atoms with van der Waals surface area (Å²) in [5.74, 6) is 0.0114. The molecule has 2 aromatic carbocycles. The van der Waals surface area contributed by atoms with Crippen LogP contribution in [0.4, 0.5) is 0 Å². The molecule has 31 heavy (non-hydrogen) atoms. The predicted octanol–water partition coefficient (Wildman–Crippen LogP) is 4.84. The first-order chi connectivity index (χ1) is 14.8. The van der Waals surface area contributed by atoms with Gasteiger partial charge in [-0.3, -0.25) is 9.59 Å². The van der Waals surface area contributed by atoms with Crippen LogP contribution in [0, 0.1) is 12.8 Å². The number of amides is 2. The average molecular weight is 488 g/mol. The van der Waals surface area contributed by atoms with E-state index in [-0.39, 0.29) is 17.7 Å². The van der Waals surface area contributed by atoms with Gasteiger partial charge in [0.2, 0.25) is 0 Å². The zero-order valence-electron chi connectivity index (χ0n) is 18.4. The molecule has 0 spiro atoms. The molecule has 0 saturated heterocycles. The first-order valence-corrected chi connectivity index (χ1v) is 11.2. The van der Waals surface area contributed by atoms with E-state index < -0.39 is 6.04 Å². The molecule has 0 aliphatic carbocycles. The summed E-state index contributed by atoms with van der Waals surface area (Å²) in [4.78, 5) is 25.1. The van der Waals surface area contributed by atoms with Gasteiger partial charge in [0.25, 0.3) is 11.8 Å². The van der Waals surface area contributed by atoms with E-state index in [9.17, 15) is 9.59 Å². The number of hydrazone groups is 1. The summed E-state index contributed by atoms with van der Waals surface area (Å²) >= 11 is 3.49. The van der Waals surface area contributed by atoms with Gasteiger partial charge in [-0.1, -0.05) is 44.9 Å². The van der Waals surface area contributed by atoms with Crippen LogP contribution in [0.2, 0.25) is 0 Å². The fourth-order valence-corrected chi connectivity index (χ4v) is 3.26. The van der Waals surface area contributed by atoms with Crippen molar-refractivity contribution < 1.29 is 14.3 Å². The average Bonchev–Trinajstić information content (AvgIpc) is 2.73. The first kappa shape index (κ1) is 24.6. The van der Waals surface area contributed by atoms with Crippen molar-refractivity contribution >= 4 is 34.0 Å². The van der Waals surface area contributed by atoms with Gasteiger partial charge in [0.1, 0.15) is 11.8 Å². The van der Waals surface area contributed by atoms with Crippen LogP contribution in [0.25, 0.3) is 0 Å². The second-order valence-electron chi connectivity index (χ2n) is 7.69. The van der Waals surface area contributed by atoms with Crippen molar-refractivity contribution in [2.24, 2.45) is 11.0 Å². The quantitative estimate of drug-likeness (QED) is 0.285. The van der Waals surface area contributed by atoms with Crippen molar-refractivity contribution in [2.45, 2.75) is 46.6 Å². The monoisotopic (exact) mass is 487 g/mol. The van der Waals surface area contributed by atoms with Crippen molar-refractivity contribution in [3.05, 3.63) is 63.6 Å². The lowest BCUT2D eigenvalue weighted by Gasteiger charge is -2.20. The Balaban J connectivity index is 1.96. The zero-order valence-corrected chi connectivity index (χ0v) is 20.0. The van der Waals surface area contributed by atoms with E-state index in [0.717, 1.165) is 34.2 Å². The molecule has 2 aromatic rings. The molecule has 2 N–H and O–H groups in total. The third-order valence-corrected chi connectivity index (χ3v) is 5.27. The number of aryl methyl sites for hydroxylation is 1. The summed E-state index contributed by atoms with van der Waals surface area (Å²) < 4.78 is 6.53. The third-order valence-electron chi connectivity index (χ3n) is 4.65. The van der Waals surface area contributed by atoms with Crippen LogP contribution >= 0.6 is 15.9 Å². The fraction of sp³-hybridized carbons (Fsp3) is 0.375. The van der Waals surface area contributed by atoms with Gasteiger partial charge in [0, 0.05) is 5.56 Å². The van der Waals surface area contributed by atoms with Gasteiger partial charge in [-0.25, -0.2) is 5.43 Å². The molecule has 0 fully saturated rings. The largest absolute Gasteiger partial charge is 0.492 e. The normalized spacial score (nSPS) is 12.1. The summed E-state index contributed by atoms with van der Waals surface area (Å²) in [6, 6.07) is 12.1. The molecule has 0 heterocycles. The molecule has 0 aromatic heterocycles. The maximum absolute atomic E-state index is 12.6. The molecule has 0 aliphatic heterocycles. The van der Waals surface area contributed by atoms with E-state index >= 15 is 0 Å². The first-order valence-electron chi connectivity index (χ1n) is 10.4. The number of rotatable bonds is 10. The van der Waals surface area contributed by atoms with E-state index in [0.29, 0.717) is 12.2 Å². The number of carbonyl (C=O) groups is 2.